The first kappa shape index (κ1) is 30.7. The van der Waals surface area contributed by atoms with Gasteiger partial charge in [0.15, 0.2) is 17.7 Å². The van der Waals surface area contributed by atoms with Gasteiger partial charge in [-0.05, 0) is 31.2 Å². The van der Waals surface area contributed by atoms with Gasteiger partial charge in [0.2, 0.25) is 0 Å². The molecule has 44 heavy (non-hydrogen) atoms. The van der Waals surface area contributed by atoms with E-state index in [1.807, 2.05) is 5.10 Å². The largest absolute Gasteiger partial charge is 0.437 e. The number of benzene rings is 1. The highest BCUT2D eigenvalue weighted by Gasteiger charge is 2.37. The Hall–Kier alpha value is -4.74. The summed E-state index contributed by atoms with van der Waals surface area (Å²) in [5, 5.41) is 8.65. The Morgan fingerprint density at radius 2 is 1.98 bits per heavy atom. The molecule has 3 aromatic heterocycles. The van der Waals surface area contributed by atoms with E-state index in [0.717, 1.165) is 6.20 Å². The van der Waals surface area contributed by atoms with Crippen LogP contribution in [0.1, 0.15) is 22.5 Å². The zero-order valence-electron chi connectivity index (χ0n) is 22.8. The molecule has 1 unspecified atom stereocenters. The van der Waals surface area contributed by atoms with Gasteiger partial charge in [0, 0.05) is 37.7 Å². The Balaban J connectivity index is 1.34. The smallest absolute Gasteiger partial charge is 0.433 e. The number of carbonyl (C=O) groups is 3. The van der Waals surface area contributed by atoms with Crippen molar-refractivity contribution in [1.29, 1.82) is 0 Å². The van der Waals surface area contributed by atoms with Crippen molar-refractivity contribution in [2.24, 2.45) is 11.5 Å². The number of hydrogen-bond donors (Lipinski definition) is 4. The van der Waals surface area contributed by atoms with Gasteiger partial charge in [-0.15, -0.1) is 0 Å². The molecule has 0 spiro atoms. The summed E-state index contributed by atoms with van der Waals surface area (Å²) in [7, 11) is 0. The highest BCUT2D eigenvalue weighted by molar-refractivity contribution is 6.34. The lowest BCUT2D eigenvalue weighted by molar-refractivity contribution is -0.169. The van der Waals surface area contributed by atoms with Crippen molar-refractivity contribution >= 4 is 46.5 Å². The Bertz CT molecular complexity index is 1710. The van der Waals surface area contributed by atoms with Crippen LogP contribution >= 0.6 is 11.6 Å². The zero-order valence-corrected chi connectivity index (χ0v) is 23.6. The molecule has 1 saturated heterocycles. The first-order chi connectivity index (χ1) is 21.0. The van der Waals surface area contributed by atoms with Gasteiger partial charge in [0.1, 0.15) is 5.69 Å². The molecule has 1 aromatic carbocycles. The number of piperazine rings is 1. The van der Waals surface area contributed by atoms with Crippen LogP contribution in [0.15, 0.2) is 43.0 Å². The van der Waals surface area contributed by atoms with E-state index < -0.39 is 35.9 Å². The number of anilines is 2. The molecule has 0 bridgehead atoms. The fourth-order valence-electron chi connectivity index (χ4n) is 4.79. The van der Waals surface area contributed by atoms with Crippen LogP contribution in [-0.2, 0) is 20.5 Å². The summed E-state index contributed by atoms with van der Waals surface area (Å²) in [6.45, 7) is 1.51. The topological polar surface area (TPSA) is 190 Å². The molecule has 1 aliphatic rings. The van der Waals surface area contributed by atoms with E-state index in [1.54, 1.807) is 11.0 Å². The Morgan fingerprint density at radius 1 is 1.18 bits per heavy atom. The van der Waals surface area contributed by atoms with E-state index in [4.69, 9.17) is 27.8 Å². The number of primary amides is 1. The van der Waals surface area contributed by atoms with Crippen molar-refractivity contribution in [3.63, 3.8) is 0 Å². The molecule has 4 heterocycles. The number of rotatable bonds is 8. The van der Waals surface area contributed by atoms with Gasteiger partial charge in [0.25, 0.3) is 5.91 Å². The maximum Gasteiger partial charge on any atom is 0.433 e. The summed E-state index contributed by atoms with van der Waals surface area (Å²) in [4.78, 5) is 48.3. The van der Waals surface area contributed by atoms with Crippen molar-refractivity contribution in [2.45, 2.75) is 18.8 Å². The molecule has 4 aromatic rings. The summed E-state index contributed by atoms with van der Waals surface area (Å²) in [5.41, 5.74) is 10.4. The number of nitrogens with one attached hydrogen (secondary N) is 2. The second kappa shape index (κ2) is 12.5. The van der Waals surface area contributed by atoms with E-state index >= 15 is 0 Å². The summed E-state index contributed by atoms with van der Waals surface area (Å²) in [6, 6.07) is 4.56. The highest BCUT2D eigenvalue weighted by atomic mass is 35.5. The Morgan fingerprint density at radius 3 is 2.68 bits per heavy atom. The summed E-state index contributed by atoms with van der Waals surface area (Å²) < 4.78 is 47.0. The fraction of sp³-hybridized carbons (Fsp3) is 0.308. The molecule has 232 valence electrons. The van der Waals surface area contributed by atoms with Crippen LogP contribution < -0.4 is 16.8 Å². The van der Waals surface area contributed by atoms with E-state index in [1.165, 1.54) is 40.0 Å². The number of hydrogen-bond acceptors (Lipinski definition) is 10. The van der Waals surface area contributed by atoms with Crippen molar-refractivity contribution in [1.82, 2.24) is 34.4 Å². The molecule has 1 aliphatic heterocycles. The summed E-state index contributed by atoms with van der Waals surface area (Å²) in [6.07, 6.45) is 0.266. The van der Waals surface area contributed by atoms with Gasteiger partial charge in [0.05, 0.1) is 40.8 Å². The maximum absolute atomic E-state index is 13.4. The normalized spacial score (nSPS) is 15.8. The van der Waals surface area contributed by atoms with E-state index in [-0.39, 0.29) is 39.9 Å². The molecule has 1 atom stereocenters. The molecule has 0 aliphatic carbocycles. The monoisotopic (exact) mass is 634 g/mol. The van der Waals surface area contributed by atoms with Gasteiger partial charge in [-0.25, -0.2) is 14.8 Å². The summed E-state index contributed by atoms with van der Waals surface area (Å²) >= 11 is 6.50. The van der Waals surface area contributed by atoms with Crippen molar-refractivity contribution < 1.29 is 32.3 Å². The second-order valence-electron chi connectivity index (χ2n) is 9.74. The maximum atomic E-state index is 13.4. The molecule has 5 rings (SSSR count). The van der Waals surface area contributed by atoms with E-state index in [2.05, 4.69) is 20.4 Å². The lowest BCUT2D eigenvalue weighted by Gasteiger charge is -2.40. The van der Waals surface area contributed by atoms with Crippen LogP contribution in [0.2, 0.25) is 5.02 Å². The third-order valence-electron chi connectivity index (χ3n) is 6.91. The molecule has 0 radical (unpaired) electrons. The minimum Gasteiger partial charge on any atom is -0.437 e. The number of aromatic nitrogens is 5. The fourth-order valence-corrected chi connectivity index (χ4v) is 5.05. The number of H-pyrrole nitrogens is 1. The number of amides is 2. The third kappa shape index (κ3) is 6.29. The predicted octanol–water partition coefficient (Wildman–Crippen LogP) is 2.00. The van der Waals surface area contributed by atoms with Crippen molar-refractivity contribution in [2.75, 3.05) is 38.0 Å². The third-order valence-corrected chi connectivity index (χ3v) is 7.22. The molecule has 1 fully saturated rings. The van der Waals surface area contributed by atoms with Crippen LogP contribution in [0.4, 0.5) is 24.7 Å². The number of nitrogens with two attached hydrogens (primary N) is 2. The SMILES string of the molecule is NCCCN1CCN(C(=O)c2ccc(Nc3nccn4c(-c5cn[nH]c5C(F)(F)F)cnc34)cc2Cl)CC1OC(=O)C(N)=O. The number of carbonyl (C=O) groups excluding carboxylic acids is 3. The highest BCUT2D eigenvalue weighted by Crippen LogP contribution is 2.36. The number of imidazole rings is 1. The first-order valence-electron chi connectivity index (χ1n) is 13.2. The Labute approximate surface area is 252 Å². The zero-order chi connectivity index (χ0) is 31.6. The second-order valence-corrected chi connectivity index (χ2v) is 10.1. The van der Waals surface area contributed by atoms with Crippen molar-refractivity contribution in [3.8, 4) is 11.3 Å². The lowest BCUT2D eigenvalue weighted by Crippen LogP contribution is -2.57. The number of alkyl halides is 3. The average molecular weight is 635 g/mol. The molecule has 18 heteroatoms. The molecule has 14 nitrogen and oxygen atoms in total. The summed E-state index contributed by atoms with van der Waals surface area (Å²) in [5.74, 6) is -2.67. The van der Waals surface area contributed by atoms with E-state index in [0.29, 0.717) is 38.3 Å². The van der Waals surface area contributed by atoms with Crippen LogP contribution in [0.25, 0.3) is 16.9 Å². The van der Waals surface area contributed by atoms with Crippen LogP contribution in [-0.4, -0.2) is 91.1 Å². The number of fused-ring (bicyclic) bond motifs is 1. The molecular weight excluding hydrogens is 609 g/mol. The van der Waals surface area contributed by atoms with Crippen LogP contribution in [0.3, 0.4) is 0 Å². The quantitative estimate of drug-likeness (QED) is 0.165. The van der Waals surface area contributed by atoms with Crippen LogP contribution in [0.5, 0.6) is 0 Å². The number of halogens is 4. The van der Waals surface area contributed by atoms with Gasteiger partial charge in [-0.1, -0.05) is 11.6 Å². The first-order valence-corrected chi connectivity index (χ1v) is 13.6. The predicted molar refractivity (Wildman–Crippen MR) is 151 cm³/mol. The minimum atomic E-state index is -4.65. The number of esters is 1. The van der Waals surface area contributed by atoms with Gasteiger partial charge in [-0.3, -0.25) is 24.0 Å². The van der Waals surface area contributed by atoms with E-state index in [9.17, 15) is 27.6 Å². The van der Waals surface area contributed by atoms with Gasteiger partial charge < -0.3 is 26.4 Å². The number of ether oxygens (including phenoxy) is 1. The standard InChI is InChI=1S/C26H26ClF3N10O4/c27-17-10-14(36-22-23-34-12-18(40(23)7-5-33-22)16-11-35-37-20(16)26(28,29)30)2-3-15(17)24(42)39-9-8-38(6-1-4-31)19(13-39)44-25(43)21(32)41/h2-3,5,7,10-12,19H,1,4,6,8-9,13,31H2,(H2,32,41)(H,33,36)(H,35,37). The van der Waals surface area contributed by atoms with Crippen molar-refractivity contribution in [3.05, 3.63) is 59.3 Å². The van der Waals surface area contributed by atoms with Gasteiger partial charge in [-0.2, -0.15) is 18.3 Å². The number of aromatic amines is 1. The molecule has 2 amide bonds. The number of nitrogens with zero attached hydrogens (tertiary/aromatic N) is 6. The Kier molecular flexibility index (Phi) is 8.70. The molecular formula is C26H26ClF3N10O4. The average Bonchev–Trinajstić information content (AvgIpc) is 3.64. The minimum absolute atomic E-state index is 0.0282. The van der Waals surface area contributed by atoms with Gasteiger partial charge >= 0.3 is 18.1 Å². The molecule has 6 N–H and O–H groups in total. The molecule has 0 saturated carbocycles. The lowest BCUT2D eigenvalue weighted by atomic mass is 10.1. The van der Waals surface area contributed by atoms with Crippen LogP contribution in [0, 0.1) is 0 Å².